The Morgan fingerprint density at radius 1 is 0.800 bits per heavy atom. The number of allylic oxidation sites excluding steroid dienone is 2. The van der Waals surface area contributed by atoms with Crippen LogP contribution in [-0.4, -0.2) is 16.8 Å². The van der Waals surface area contributed by atoms with E-state index in [1.165, 1.54) is 54.7 Å². The number of carbonyl (C=O) groups excluding carboxylic acids is 2. The zero-order valence-corrected chi connectivity index (χ0v) is 21.3. The van der Waals surface area contributed by atoms with Crippen molar-refractivity contribution in [1.82, 2.24) is 4.98 Å². The van der Waals surface area contributed by atoms with Crippen LogP contribution < -0.4 is 10.6 Å². The van der Waals surface area contributed by atoms with Crippen LogP contribution >= 0.6 is 11.3 Å². The first-order chi connectivity index (χ1) is 18.8. The van der Waals surface area contributed by atoms with E-state index >= 15 is 0 Å². The third-order valence-corrected chi connectivity index (χ3v) is 6.45. The molecule has 0 radical (unpaired) electrons. The van der Waals surface area contributed by atoms with Crippen molar-refractivity contribution in [3.8, 4) is 0 Å². The Morgan fingerprint density at radius 2 is 1.35 bits per heavy atom. The Labute approximate surface area is 227 Å². The first kappa shape index (κ1) is 28.6. The van der Waals surface area contributed by atoms with Crippen LogP contribution in [0.1, 0.15) is 29.2 Å². The second kappa shape index (κ2) is 11.3. The van der Waals surface area contributed by atoms with Gasteiger partial charge in [-0.3, -0.25) is 9.59 Å². The lowest BCUT2D eigenvalue weighted by Gasteiger charge is -2.12. The maximum Gasteiger partial charge on any atom is 0.416 e. The minimum atomic E-state index is -4.56. The van der Waals surface area contributed by atoms with Gasteiger partial charge in [0, 0.05) is 13.0 Å². The Balaban J connectivity index is 1.62. The number of thiazole rings is 1. The molecule has 4 rings (SSSR count). The maximum atomic E-state index is 13.0. The number of nitrogens with zero attached hydrogens (tertiary/aromatic N) is 1. The minimum Gasteiger partial charge on any atom is -0.321 e. The zero-order chi connectivity index (χ0) is 29.1. The lowest BCUT2D eigenvalue weighted by atomic mass is 9.95. The third kappa shape index (κ3) is 6.94. The Morgan fingerprint density at radius 3 is 1.85 bits per heavy atom. The highest BCUT2D eigenvalue weighted by atomic mass is 32.1. The van der Waals surface area contributed by atoms with Crippen molar-refractivity contribution in [3.63, 3.8) is 0 Å². The molecule has 0 aliphatic carbocycles. The zero-order valence-electron chi connectivity index (χ0n) is 20.5. The fourth-order valence-electron chi connectivity index (χ4n) is 3.70. The molecule has 0 bridgehead atoms. The number of hydrogen-bond acceptors (Lipinski definition) is 4. The molecule has 206 valence electrons. The lowest BCUT2D eigenvalue weighted by molar-refractivity contribution is -0.138. The first-order valence-corrected chi connectivity index (χ1v) is 12.3. The molecule has 3 aromatic carbocycles. The number of aromatic nitrogens is 1. The molecular formula is C28H19F6N3O2S. The number of para-hydroxylation sites is 1. The number of anilines is 2. The highest BCUT2D eigenvalue weighted by Gasteiger charge is 2.31. The van der Waals surface area contributed by atoms with Crippen LogP contribution in [0.15, 0.2) is 85.0 Å². The number of halogens is 6. The van der Waals surface area contributed by atoms with E-state index in [9.17, 15) is 35.9 Å². The molecule has 0 fully saturated rings. The quantitative estimate of drug-likeness (QED) is 0.139. The van der Waals surface area contributed by atoms with E-state index in [-0.39, 0.29) is 5.91 Å². The molecule has 0 saturated heterocycles. The summed E-state index contributed by atoms with van der Waals surface area (Å²) in [7, 11) is 0. The van der Waals surface area contributed by atoms with Crippen molar-refractivity contribution in [2.45, 2.75) is 19.3 Å². The summed E-state index contributed by atoms with van der Waals surface area (Å²) in [6.07, 6.45) is -5.20. The fraction of sp³-hybridized carbons (Fsp3) is 0.107. The standard InChI is InChI=1S/C28H19F6N3O2S/c1-16(38)35-26-37-25-22(5-3-6-23(25)40-26)36-24(39)7-2-4-21(17-8-12-19(13-9-17)27(29,30)31)18-10-14-20(15-11-18)28(32,33)34/h2-15H,1H3,(H,36,39)(H,35,37,38)/b7-2+. The molecule has 2 amide bonds. The van der Waals surface area contributed by atoms with E-state index in [4.69, 9.17) is 0 Å². The summed E-state index contributed by atoms with van der Waals surface area (Å²) in [5.41, 5.74) is -0.00998. The monoisotopic (exact) mass is 575 g/mol. The van der Waals surface area contributed by atoms with E-state index in [1.807, 2.05) is 0 Å². The van der Waals surface area contributed by atoms with Gasteiger partial charge in [0.15, 0.2) is 5.13 Å². The molecule has 12 heteroatoms. The Hall–Kier alpha value is -4.45. The summed E-state index contributed by atoms with van der Waals surface area (Å²) >= 11 is 1.23. The fourth-order valence-corrected chi connectivity index (χ4v) is 4.64. The number of benzene rings is 3. The van der Waals surface area contributed by atoms with Gasteiger partial charge >= 0.3 is 12.4 Å². The van der Waals surface area contributed by atoms with Crippen LogP contribution in [0.5, 0.6) is 0 Å². The largest absolute Gasteiger partial charge is 0.416 e. The van der Waals surface area contributed by atoms with Crippen molar-refractivity contribution in [1.29, 1.82) is 0 Å². The number of rotatable bonds is 6. The second-order valence-electron chi connectivity index (χ2n) is 8.43. The van der Waals surface area contributed by atoms with Crippen molar-refractivity contribution in [2.75, 3.05) is 10.6 Å². The highest BCUT2D eigenvalue weighted by Crippen LogP contribution is 2.34. The predicted molar refractivity (Wildman–Crippen MR) is 142 cm³/mol. The van der Waals surface area contributed by atoms with Gasteiger partial charge in [-0.25, -0.2) is 4.98 Å². The molecule has 2 N–H and O–H groups in total. The molecule has 0 spiro atoms. The molecule has 40 heavy (non-hydrogen) atoms. The maximum absolute atomic E-state index is 13.0. The van der Waals surface area contributed by atoms with Crippen molar-refractivity contribution in [2.24, 2.45) is 0 Å². The van der Waals surface area contributed by atoms with Crippen LogP contribution in [0.2, 0.25) is 0 Å². The number of amides is 2. The molecule has 0 aliphatic heterocycles. The van der Waals surface area contributed by atoms with Crippen LogP contribution in [0.4, 0.5) is 37.2 Å². The summed E-state index contributed by atoms with van der Waals surface area (Å²) in [6, 6.07) is 13.4. The summed E-state index contributed by atoms with van der Waals surface area (Å²) in [4.78, 5) is 28.3. The molecular weight excluding hydrogens is 556 g/mol. The van der Waals surface area contributed by atoms with Gasteiger partial charge in [-0.1, -0.05) is 53.8 Å². The number of fused-ring (bicyclic) bond motifs is 1. The number of alkyl halides is 6. The number of carbonyl (C=O) groups is 2. The number of nitrogens with one attached hydrogen (secondary N) is 2. The van der Waals surface area contributed by atoms with Gasteiger partial charge in [-0.05, 0) is 53.1 Å². The smallest absolute Gasteiger partial charge is 0.321 e. The average molecular weight is 576 g/mol. The molecule has 0 atom stereocenters. The normalized spacial score (nSPS) is 12.0. The van der Waals surface area contributed by atoms with Gasteiger partial charge in [0.2, 0.25) is 11.8 Å². The molecule has 1 aromatic heterocycles. The molecule has 0 saturated carbocycles. The van der Waals surface area contributed by atoms with Gasteiger partial charge in [0.25, 0.3) is 0 Å². The van der Waals surface area contributed by atoms with Crippen molar-refractivity contribution >= 4 is 49.8 Å². The van der Waals surface area contributed by atoms with Gasteiger partial charge in [-0.2, -0.15) is 26.3 Å². The SMILES string of the molecule is CC(=O)Nc1nc2c(NC(=O)/C=C/C=C(c3ccc(C(F)(F)F)cc3)c3ccc(C(F)(F)F)cc3)cccc2s1. The number of hydrogen-bond donors (Lipinski definition) is 2. The lowest BCUT2D eigenvalue weighted by Crippen LogP contribution is -2.08. The average Bonchev–Trinajstić information content (AvgIpc) is 3.29. The van der Waals surface area contributed by atoms with Gasteiger partial charge in [-0.15, -0.1) is 0 Å². The Kier molecular flexibility index (Phi) is 8.10. The van der Waals surface area contributed by atoms with E-state index in [1.54, 1.807) is 18.2 Å². The summed E-state index contributed by atoms with van der Waals surface area (Å²) in [5, 5.41) is 5.63. The second-order valence-corrected chi connectivity index (χ2v) is 9.46. The van der Waals surface area contributed by atoms with E-state index in [0.29, 0.717) is 33.0 Å². The van der Waals surface area contributed by atoms with Crippen LogP contribution in [0.3, 0.4) is 0 Å². The van der Waals surface area contributed by atoms with E-state index in [2.05, 4.69) is 15.6 Å². The van der Waals surface area contributed by atoms with Crippen molar-refractivity contribution in [3.05, 3.63) is 107 Å². The highest BCUT2D eigenvalue weighted by molar-refractivity contribution is 7.22. The molecule has 5 nitrogen and oxygen atoms in total. The third-order valence-electron chi connectivity index (χ3n) is 5.52. The summed E-state index contributed by atoms with van der Waals surface area (Å²) < 4.78 is 78.9. The van der Waals surface area contributed by atoms with Crippen LogP contribution in [0.25, 0.3) is 15.8 Å². The molecule has 0 unspecified atom stereocenters. The Bertz CT molecular complexity index is 1540. The summed E-state index contributed by atoms with van der Waals surface area (Å²) in [5.74, 6) is -0.853. The first-order valence-electron chi connectivity index (χ1n) is 11.5. The molecule has 0 aliphatic rings. The van der Waals surface area contributed by atoms with Crippen LogP contribution in [-0.2, 0) is 21.9 Å². The van der Waals surface area contributed by atoms with Gasteiger partial charge in [0.05, 0.1) is 21.5 Å². The van der Waals surface area contributed by atoms with Gasteiger partial charge in [0.1, 0.15) is 5.52 Å². The van der Waals surface area contributed by atoms with Crippen molar-refractivity contribution < 1.29 is 35.9 Å². The molecule has 4 aromatic rings. The summed E-state index contributed by atoms with van der Waals surface area (Å²) in [6.45, 7) is 1.34. The van der Waals surface area contributed by atoms with Gasteiger partial charge < -0.3 is 10.6 Å². The van der Waals surface area contributed by atoms with E-state index < -0.39 is 29.4 Å². The molecule has 1 heterocycles. The minimum absolute atomic E-state index is 0.295. The van der Waals surface area contributed by atoms with E-state index in [0.717, 1.165) is 35.0 Å². The van der Waals surface area contributed by atoms with Crippen LogP contribution in [0, 0.1) is 0 Å². The predicted octanol–water partition coefficient (Wildman–Crippen LogP) is 7.92. The topological polar surface area (TPSA) is 71.1 Å².